The third-order valence-electron chi connectivity index (χ3n) is 2.21. The number of nitrogens with zero attached hydrogens (tertiary/aromatic N) is 4. The number of rotatable bonds is 5. The van der Waals surface area contributed by atoms with Crippen molar-refractivity contribution < 1.29 is 4.79 Å². The van der Waals surface area contributed by atoms with Gasteiger partial charge in [-0.25, -0.2) is 0 Å². The Balaban J connectivity index is 2.76. The zero-order valence-corrected chi connectivity index (χ0v) is 10.2. The van der Waals surface area contributed by atoms with Gasteiger partial charge < -0.3 is 4.90 Å². The van der Waals surface area contributed by atoms with Crippen LogP contribution in [0.4, 0.5) is 0 Å². The van der Waals surface area contributed by atoms with Gasteiger partial charge in [0.15, 0.2) is 0 Å². The highest BCUT2D eigenvalue weighted by atomic mass is 32.1. The van der Waals surface area contributed by atoms with Gasteiger partial charge >= 0.3 is 0 Å². The largest absolute Gasteiger partial charge is 0.339 e. The molecule has 0 atom stereocenters. The van der Waals surface area contributed by atoms with Crippen LogP contribution < -0.4 is 0 Å². The minimum absolute atomic E-state index is 0.0437. The van der Waals surface area contributed by atoms with Crippen molar-refractivity contribution in [3.63, 3.8) is 0 Å². The summed E-state index contributed by atoms with van der Waals surface area (Å²) < 4.78 is 0. The molecule has 16 heavy (non-hydrogen) atoms. The minimum atomic E-state index is 0.0437. The molecule has 0 saturated carbocycles. The van der Waals surface area contributed by atoms with Gasteiger partial charge in [0.25, 0.3) is 5.91 Å². The van der Waals surface area contributed by atoms with Gasteiger partial charge in [-0.05, 0) is 31.5 Å². The molecule has 5 nitrogen and oxygen atoms in total. The van der Waals surface area contributed by atoms with Crippen LogP contribution in [-0.2, 0) is 6.54 Å². The van der Waals surface area contributed by atoms with Crippen molar-refractivity contribution in [2.24, 2.45) is 5.11 Å². The molecule has 0 radical (unpaired) electrons. The number of carbonyl (C=O) groups excluding carboxylic acids is 1. The number of carbonyl (C=O) groups is 1. The highest BCUT2D eigenvalue weighted by Crippen LogP contribution is 2.19. The lowest BCUT2D eigenvalue weighted by atomic mass is 10.3. The first-order valence-corrected chi connectivity index (χ1v) is 5.93. The van der Waals surface area contributed by atoms with Gasteiger partial charge in [-0.3, -0.25) is 4.79 Å². The van der Waals surface area contributed by atoms with Gasteiger partial charge in [-0.15, -0.1) is 11.3 Å². The SMILES string of the molecule is CCN(CC)C(=O)c1ccc(CN=[N+]=[N-])s1. The number of hydrogen-bond acceptors (Lipinski definition) is 3. The number of thiophene rings is 1. The first-order valence-electron chi connectivity index (χ1n) is 5.11. The maximum atomic E-state index is 11.9. The molecule has 0 saturated heterocycles. The van der Waals surface area contributed by atoms with Crippen LogP contribution in [0.1, 0.15) is 28.4 Å². The minimum Gasteiger partial charge on any atom is -0.339 e. The number of amides is 1. The standard InChI is InChI=1S/C10H14N4OS/c1-3-14(4-2)10(15)9-6-5-8(16-9)7-12-13-11/h5-6H,3-4,7H2,1-2H3. The smallest absolute Gasteiger partial charge is 0.263 e. The summed E-state index contributed by atoms with van der Waals surface area (Å²) in [4.78, 5) is 18.0. The predicted octanol–water partition coefficient (Wildman–Crippen LogP) is 3.04. The normalized spacial score (nSPS) is 9.62. The summed E-state index contributed by atoms with van der Waals surface area (Å²) in [6.07, 6.45) is 0. The molecule has 0 aliphatic carbocycles. The van der Waals surface area contributed by atoms with Crippen LogP contribution in [-0.4, -0.2) is 23.9 Å². The molecule has 0 aliphatic heterocycles. The van der Waals surface area contributed by atoms with E-state index in [4.69, 9.17) is 5.53 Å². The predicted molar refractivity (Wildman–Crippen MR) is 64.4 cm³/mol. The maximum Gasteiger partial charge on any atom is 0.263 e. The van der Waals surface area contributed by atoms with Gasteiger partial charge in [0.2, 0.25) is 0 Å². The third-order valence-corrected chi connectivity index (χ3v) is 3.27. The summed E-state index contributed by atoms with van der Waals surface area (Å²) in [6.45, 7) is 5.64. The molecule has 0 aromatic carbocycles. The Morgan fingerprint density at radius 3 is 2.75 bits per heavy atom. The Kier molecular flexibility index (Phi) is 4.82. The Labute approximate surface area is 98.3 Å². The topological polar surface area (TPSA) is 69.1 Å². The quantitative estimate of drug-likeness (QED) is 0.441. The van der Waals surface area contributed by atoms with Crippen molar-refractivity contribution in [2.45, 2.75) is 20.4 Å². The number of hydrogen-bond donors (Lipinski definition) is 0. The zero-order valence-electron chi connectivity index (χ0n) is 9.38. The van der Waals surface area contributed by atoms with E-state index in [2.05, 4.69) is 10.0 Å². The zero-order chi connectivity index (χ0) is 12.0. The number of azide groups is 1. The van der Waals surface area contributed by atoms with Crippen LogP contribution >= 0.6 is 11.3 Å². The Hall–Kier alpha value is -1.52. The van der Waals surface area contributed by atoms with E-state index in [9.17, 15) is 4.79 Å². The van der Waals surface area contributed by atoms with E-state index in [0.717, 1.165) is 4.88 Å². The summed E-state index contributed by atoms with van der Waals surface area (Å²) in [6, 6.07) is 3.61. The lowest BCUT2D eigenvalue weighted by Crippen LogP contribution is -2.29. The summed E-state index contributed by atoms with van der Waals surface area (Å²) in [5.41, 5.74) is 8.20. The Morgan fingerprint density at radius 1 is 1.50 bits per heavy atom. The molecule has 1 amide bonds. The van der Waals surface area contributed by atoms with Crippen molar-refractivity contribution in [1.29, 1.82) is 0 Å². The highest BCUT2D eigenvalue weighted by molar-refractivity contribution is 7.14. The fraction of sp³-hybridized carbons (Fsp3) is 0.500. The van der Waals surface area contributed by atoms with E-state index in [1.807, 2.05) is 19.9 Å². The molecule has 0 aliphatic rings. The van der Waals surface area contributed by atoms with Crippen molar-refractivity contribution in [3.05, 3.63) is 32.3 Å². The van der Waals surface area contributed by atoms with Gasteiger partial charge in [-0.1, -0.05) is 5.11 Å². The second-order valence-corrected chi connectivity index (χ2v) is 4.30. The lowest BCUT2D eigenvalue weighted by molar-refractivity contribution is 0.0778. The average Bonchev–Trinajstić information content (AvgIpc) is 2.76. The summed E-state index contributed by atoms with van der Waals surface area (Å²) >= 11 is 1.38. The molecular weight excluding hydrogens is 224 g/mol. The average molecular weight is 238 g/mol. The van der Waals surface area contributed by atoms with E-state index < -0.39 is 0 Å². The molecule has 86 valence electrons. The van der Waals surface area contributed by atoms with Gasteiger partial charge in [0.1, 0.15) is 0 Å². The van der Waals surface area contributed by atoms with Crippen LogP contribution in [0, 0.1) is 0 Å². The van der Waals surface area contributed by atoms with Crippen LogP contribution in [0.5, 0.6) is 0 Å². The Morgan fingerprint density at radius 2 is 2.19 bits per heavy atom. The van der Waals surface area contributed by atoms with Crippen molar-refractivity contribution in [3.8, 4) is 0 Å². The molecule has 1 aromatic heterocycles. The molecule has 1 rings (SSSR count). The van der Waals surface area contributed by atoms with Crippen LogP contribution in [0.2, 0.25) is 0 Å². The summed E-state index contributed by atoms with van der Waals surface area (Å²) in [5.74, 6) is 0.0437. The van der Waals surface area contributed by atoms with Crippen molar-refractivity contribution >= 4 is 17.2 Å². The second-order valence-electron chi connectivity index (χ2n) is 3.13. The van der Waals surface area contributed by atoms with Crippen LogP contribution in [0.3, 0.4) is 0 Å². The molecule has 1 heterocycles. The molecule has 0 unspecified atom stereocenters. The molecule has 6 heteroatoms. The van der Waals surface area contributed by atoms with E-state index in [1.165, 1.54) is 11.3 Å². The van der Waals surface area contributed by atoms with E-state index in [1.54, 1.807) is 11.0 Å². The van der Waals surface area contributed by atoms with Crippen LogP contribution in [0.25, 0.3) is 10.4 Å². The van der Waals surface area contributed by atoms with Crippen molar-refractivity contribution in [1.82, 2.24) is 4.90 Å². The second kappa shape index (κ2) is 6.15. The van der Waals surface area contributed by atoms with Gasteiger partial charge in [0.05, 0.1) is 11.4 Å². The third kappa shape index (κ3) is 2.98. The lowest BCUT2D eigenvalue weighted by Gasteiger charge is -2.17. The highest BCUT2D eigenvalue weighted by Gasteiger charge is 2.14. The monoisotopic (exact) mass is 238 g/mol. The maximum absolute atomic E-state index is 11.9. The van der Waals surface area contributed by atoms with Crippen LogP contribution in [0.15, 0.2) is 17.2 Å². The Bertz CT molecular complexity index is 405. The molecule has 1 aromatic rings. The van der Waals surface area contributed by atoms with E-state index in [-0.39, 0.29) is 5.91 Å². The first-order chi connectivity index (χ1) is 7.72. The molecule has 0 spiro atoms. The molecular formula is C10H14N4OS. The summed E-state index contributed by atoms with van der Waals surface area (Å²) in [7, 11) is 0. The molecule has 0 fully saturated rings. The van der Waals surface area contributed by atoms with Crippen molar-refractivity contribution in [2.75, 3.05) is 13.1 Å². The van der Waals surface area contributed by atoms with Gasteiger partial charge in [-0.2, -0.15) is 0 Å². The summed E-state index contributed by atoms with van der Waals surface area (Å²) in [5, 5.41) is 3.47. The van der Waals surface area contributed by atoms with E-state index >= 15 is 0 Å². The first kappa shape index (κ1) is 12.5. The fourth-order valence-electron chi connectivity index (χ4n) is 1.35. The molecule has 0 N–H and O–H groups in total. The fourth-order valence-corrected chi connectivity index (χ4v) is 2.24. The van der Waals surface area contributed by atoms with Gasteiger partial charge in [0, 0.05) is 22.9 Å². The van der Waals surface area contributed by atoms with E-state index in [0.29, 0.717) is 24.5 Å². The molecule has 0 bridgehead atoms.